The molecule has 0 unspecified atom stereocenters. The lowest BCUT2D eigenvalue weighted by Gasteiger charge is -2.15. The van der Waals surface area contributed by atoms with Gasteiger partial charge >= 0.3 is 0 Å². The number of nitrogens with one attached hydrogen (secondary N) is 1. The fraction of sp³-hybridized carbons (Fsp3) is 0.385. The van der Waals surface area contributed by atoms with Gasteiger partial charge in [-0.05, 0) is 38.5 Å². The van der Waals surface area contributed by atoms with Gasteiger partial charge in [-0.25, -0.2) is 9.66 Å². The molecule has 0 atom stereocenters. The van der Waals surface area contributed by atoms with Crippen molar-refractivity contribution < 1.29 is 0 Å². The number of fused-ring (bicyclic) bond motifs is 1. The van der Waals surface area contributed by atoms with Crippen LogP contribution in [-0.2, 0) is 6.42 Å². The van der Waals surface area contributed by atoms with E-state index in [9.17, 15) is 4.79 Å². The summed E-state index contributed by atoms with van der Waals surface area (Å²) in [7, 11) is 0. The minimum Gasteiger partial charge on any atom is -0.319 e. The highest BCUT2D eigenvalue weighted by molar-refractivity contribution is 5.75. The van der Waals surface area contributed by atoms with Crippen LogP contribution in [0.15, 0.2) is 29.2 Å². The molecule has 0 amide bonds. The predicted octanol–water partition coefficient (Wildman–Crippen LogP) is 1.91. The van der Waals surface area contributed by atoms with Gasteiger partial charge in [0.15, 0.2) is 5.65 Å². The molecule has 0 fully saturated rings. The molecule has 1 N–H and O–H groups in total. The lowest BCUT2D eigenvalue weighted by molar-refractivity contribution is 0.722. The van der Waals surface area contributed by atoms with E-state index >= 15 is 0 Å². The first-order valence-electron chi connectivity index (χ1n) is 5.89. The minimum absolute atomic E-state index is 0.00704. The third-order valence-electron chi connectivity index (χ3n) is 2.60. The van der Waals surface area contributed by atoms with E-state index in [0.717, 1.165) is 17.4 Å². The Morgan fingerprint density at radius 3 is 2.88 bits per heavy atom. The van der Waals surface area contributed by atoms with Crippen LogP contribution in [0.3, 0.4) is 0 Å². The fourth-order valence-corrected chi connectivity index (χ4v) is 1.83. The highest BCUT2D eigenvalue weighted by Crippen LogP contribution is 2.10. The van der Waals surface area contributed by atoms with Gasteiger partial charge in [0.2, 0.25) is 0 Å². The summed E-state index contributed by atoms with van der Waals surface area (Å²) in [5.41, 5.74) is 4.61. The summed E-state index contributed by atoms with van der Waals surface area (Å²) in [5.74, 6) is 0. The van der Waals surface area contributed by atoms with Gasteiger partial charge in [0.25, 0.3) is 5.56 Å². The first-order valence-corrected chi connectivity index (χ1v) is 5.89. The topological polar surface area (TPSA) is 46.9 Å². The van der Waals surface area contributed by atoms with Crippen LogP contribution >= 0.6 is 0 Å². The summed E-state index contributed by atoms with van der Waals surface area (Å²) in [6.07, 6.45) is 2.43. The molecule has 0 radical (unpaired) electrons. The van der Waals surface area contributed by atoms with Crippen LogP contribution in [-0.4, -0.2) is 15.7 Å². The van der Waals surface area contributed by atoms with Gasteiger partial charge in [-0.3, -0.25) is 4.79 Å². The maximum atomic E-state index is 12.2. The SMILES string of the molecule is CCc1cc2cccnc2n(NC(C)C)c1=O. The van der Waals surface area contributed by atoms with Crippen molar-refractivity contribution in [3.63, 3.8) is 0 Å². The zero-order valence-electron chi connectivity index (χ0n) is 10.4. The van der Waals surface area contributed by atoms with E-state index in [1.807, 2.05) is 39.0 Å². The Balaban J connectivity index is 2.75. The van der Waals surface area contributed by atoms with Crippen molar-refractivity contribution in [2.24, 2.45) is 0 Å². The van der Waals surface area contributed by atoms with Crippen LogP contribution in [0.25, 0.3) is 11.0 Å². The van der Waals surface area contributed by atoms with Crippen LogP contribution in [0.1, 0.15) is 26.3 Å². The zero-order chi connectivity index (χ0) is 12.4. The van der Waals surface area contributed by atoms with E-state index in [1.165, 1.54) is 0 Å². The molecule has 0 aliphatic rings. The number of hydrogen-bond acceptors (Lipinski definition) is 3. The molecule has 2 aromatic rings. The number of nitrogens with zero attached hydrogens (tertiary/aromatic N) is 2. The van der Waals surface area contributed by atoms with Gasteiger partial charge in [-0.2, -0.15) is 0 Å². The Morgan fingerprint density at radius 2 is 2.24 bits per heavy atom. The molecular formula is C13H17N3O. The lowest BCUT2D eigenvalue weighted by Crippen LogP contribution is -2.35. The Morgan fingerprint density at radius 1 is 1.47 bits per heavy atom. The molecule has 0 saturated heterocycles. The maximum absolute atomic E-state index is 12.2. The van der Waals surface area contributed by atoms with E-state index in [0.29, 0.717) is 5.65 Å². The average molecular weight is 231 g/mol. The molecule has 0 aliphatic carbocycles. The second kappa shape index (κ2) is 4.57. The first kappa shape index (κ1) is 11.6. The second-order valence-electron chi connectivity index (χ2n) is 4.36. The molecule has 0 aromatic carbocycles. The molecule has 4 heteroatoms. The van der Waals surface area contributed by atoms with E-state index in [2.05, 4.69) is 10.4 Å². The van der Waals surface area contributed by atoms with Crippen molar-refractivity contribution >= 4 is 11.0 Å². The van der Waals surface area contributed by atoms with Crippen LogP contribution in [0.4, 0.5) is 0 Å². The summed E-state index contributed by atoms with van der Waals surface area (Å²) in [5, 5.41) is 0.983. The molecule has 0 bridgehead atoms. The fourth-order valence-electron chi connectivity index (χ4n) is 1.83. The summed E-state index contributed by atoms with van der Waals surface area (Å²) in [4.78, 5) is 16.5. The molecule has 17 heavy (non-hydrogen) atoms. The minimum atomic E-state index is -0.00704. The van der Waals surface area contributed by atoms with Gasteiger partial charge in [0.05, 0.1) is 0 Å². The second-order valence-corrected chi connectivity index (χ2v) is 4.36. The maximum Gasteiger partial charge on any atom is 0.274 e. The summed E-state index contributed by atoms with van der Waals surface area (Å²) in [6, 6.07) is 5.96. The predicted molar refractivity (Wildman–Crippen MR) is 69.9 cm³/mol. The third-order valence-corrected chi connectivity index (χ3v) is 2.60. The Labute approximate surface area is 100 Å². The molecule has 2 aromatic heterocycles. The smallest absolute Gasteiger partial charge is 0.274 e. The number of aryl methyl sites for hydroxylation is 1. The quantitative estimate of drug-likeness (QED) is 0.877. The largest absolute Gasteiger partial charge is 0.319 e. The molecule has 0 spiro atoms. The number of rotatable bonds is 3. The molecule has 2 heterocycles. The van der Waals surface area contributed by atoms with Crippen molar-refractivity contribution in [2.75, 3.05) is 5.43 Å². The van der Waals surface area contributed by atoms with Gasteiger partial charge in [-0.1, -0.05) is 6.92 Å². The van der Waals surface area contributed by atoms with Crippen molar-refractivity contribution in [3.05, 3.63) is 40.3 Å². The third kappa shape index (κ3) is 2.16. The molecule has 4 nitrogen and oxygen atoms in total. The van der Waals surface area contributed by atoms with E-state index in [1.54, 1.807) is 10.9 Å². The Kier molecular flexibility index (Phi) is 3.13. The van der Waals surface area contributed by atoms with Gasteiger partial charge in [0, 0.05) is 23.2 Å². The van der Waals surface area contributed by atoms with Gasteiger partial charge < -0.3 is 5.43 Å². The average Bonchev–Trinajstić information content (AvgIpc) is 2.32. The number of pyridine rings is 2. The Bertz CT molecular complexity index is 587. The van der Waals surface area contributed by atoms with Crippen molar-refractivity contribution in [2.45, 2.75) is 33.2 Å². The monoisotopic (exact) mass is 231 g/mol. The number of hydrogen-bond donors (Lipinski definition) is 1. The first-order chi connectivity index (χ1) is 8.13. The normalized spacial score (nSPS) is 11.1. The molecule has 2 rings (SSSR count). The van der Waals surface area contributed by atoms with Crippen molar-refractivity contribution in [3.8, 4) is 0 Å². The van der Waals surface area contributed by atoms with E-state index in [4.69, 9.17) is 0 Å². The summed E-state index contributed by atoms with van der Waals surface area (Å²) < 4.78 is 1.55. The van der Waals surface area contributed by atoms with Crippen molar-refractivity contribution in [1.82, 2.24) is 9.66 Å². The van der Waals surface area contributed by atoms with Crippen LogP contribution in [0, 0.1) is 0 Å². The van der Waals surface area contributed by atoms with Gasteiger partial charge in [-0.15, -0.1) is 0 Å². The molecular weight excluding hydrogens is 214 g/mol. The van der Waals surface area contributed by atoms with Gasteiger partial charge in [0.1, 0.15) is 0 Å². The van der Waals surface area contributed by atoms with E-state index in [-0.39, 0.29) is 11.6 Å². The molecule has 90 valence electrons. The zero-order valence-corrected chi connectivity index (χ0v) is 10.4. The van der Waals surface area contributed by atoms with Crippen molar-refractivity contribution in [1.29, 1.82) is 0 Å². The highest BCUT2D eigenvalue weighted by atomic mass is 16.1. The molecule has 0 aliphatic heterocycles. The van der Waals surface area contributed by atoms with Crippen LogP contribution in [0.5, 0.6) is 0 Å². The molecule has 0 saturated carbocycles. The number of aromatic nitrogens is 2. The van der Waals surface area contributed by atoms with Crippen LogP contribution < -0.4 is 11.0 Å². The van der Waals surface area contributed by atoms with E-state index < -0.39 is 0 Å². The Hall–Kier alpha value is -1.84. The summed E-state index contributed by atoms with van der Waals surface area (Å²) in [6.45, 7) is 5.98. The lowest BCUT2D eigenvalue weighted by atomic mass is 10.2. The highest BCUT2D eigenvalue weighted by Gasteiger charge is 2.09. The van der Waals surface area contributed by atoms with Crippen LogP contribution in [0.2, 0.25) is 0 Å². The standard InChI is InChI=1S/C13H17N3O/c1-4-10-8-11-6-5-7-14-12(11)16(13(10)17)15-9(2)3/h5-9,15H,4H2,1-3H3. The summed E-state index contributed by atoms with van der Waals surface area (Å²) >= 11 is 0.